The molecule has 0 saturated carbocycles. The minimum absolute atomic E-state index is 0.110. The molecule has 0 radical (unpaired) electrons. The van der Waals surface area contributed by atoms with Crippen LogP contribution in [0.15, 0.2) is 71.9 Å². The van der Waals surface area contributed by atoms with E-state index in [4.69, 9.17) is 39.5 Å². The van der Waals surface area contributed by atoms with Gasteiger partial charge in [0.05, 0.1) is 12.9 Å². The molecule has 0 saturated heterocycles. The highest BCUT2D eigenvalue weighted by Crippen LogP contribution is 2.30. The summed E-state index contributed by atoms with van der Waals surface area (Å²) in [5.74, 6) is 1.25. The van der Waals surface area contributed by atoms with E-state index in [0.717, 1.165) is 17.0 Å². The van der Waals surface area contributed by atoms with Crippen molar-refractivity contribution in [3.05, 3.63) is 81.8 Å². The zero-order valence-corrected chi connectivity index (χ0v) is 20.3. The predicted molar refractivity (Wildman–Crippen MR) is 134 cm³/mol. The number of hydrogen-bond acceptors (Lipinski definition) is 5. The Morgan fingerprint density at radius 3 is 2.24 bits per heavy atom. The van der Waals surface area contributed by atoms with E-state index in [1.54, 1.807) is 37.4 Å². The zero-order chi connectivity index (χ0) is 23.4. The Labute approximate surface area is 209 Å². The summed E-state index contributed by atoms with van der Waals surface area (Å²) in [5, 5.41) is 13.6. The maximum atomic E-state index is 12.5. The molecule has 1 aromatic heterocycles. The predicted octanol–water partition coefficient (Wildman–Crippen LogP) is 6.63. The van der Waals surface area contributed by atoms with Gasteiger partial charge in [-0.25, -0.2) is 0 Å². The van der Waals surface area contributed by atoms with E-state index in [9.17, 15) is 4.79 Å². The highest BCUT2D eigenvalue weighted by Gasteiger charge is 2.18. The highest BCUT2D eigenvalue weighted by atomic mass is 35.5. The maximum absolute atomic E-state index is 12.5. The van der Waals surface area contributed by atoms with Crippen LogP contribution in [-0.4, -0.2) is 33.5 Å². The Morgan fingerprint density at radius 1 is 0.939 bits per heavy atom. The van der Waals surface area contributed by atoms with Crippen LogP contribution in [0.4, 0.5) is 5.69 Å². The molecule has 1 N–H and O–H groups in total. The number of hydrogen-bond donors (Lipinski definition) is 1. The summed E-state index contributed by atoms with van der Waals surface area (Å²) in [6.07, 6.45) is 0. The lowest BCUT2D eigenvalue weighted by molar-refractivity contribution is -0.113. The summed E-state index contributed by atoms with van der Waals surface area (Å²) in [4.78, 5) is 12.5. The van der Waals surface area contributed by atoms with E-state index in [2.05, 4.69) is 15.5 Å². The summed E-state index contributed by atoms with van der Waals surface area (Å²) in [5.41, 5.74) is 2.19. The van der Waals surface area contributed by atoms with Crippen molar-refractivity contribution in [2.24, 2.45) is 0 Å². The highest BCUT2D eigenvalue weighted by molar-refractivity contribution is 7.99. The number of rotatable bonds is 7. The minimum Gasteiger partial charge on any atom is -0.497 e. The van der Waals surface area contributed by atoms with Crippen LogP contribution in [0.3, 0.4) is 0 Å². The lowest BCUT2D eigenvalue weighted by atomic mass is 10.2. The molecule has 4 aromatic rings. The van der Waals surface area contributed by atoms with Gasteiger partial charge in [0.1, 0.15) is 5.75 Å². The monoisotopic (exact) mass is 518 g/mol. The first-order valence-corrected chi connectivity index (χ1v) is 11.8. The maximum Gasteiger partial charge on any atom is 0.234 e. The summed E-state index contributed by atoms with van der Waals surface area (Å²) in [6, 6.07) is 19.7. The topological polar surface area (TPSA) is 69.0 Å². The summed E-state index contributed by atoms with van der Waals surface area (Å²) in [7, 11) is 1.61. The number of amides is 1. The second-order valence-corrected chi connectivity index (χ2v) is 9.09. The molecule has 10 heteroatoms. The number of methoxy groups -OCH3 is 1. The summed E-state index contributed by atoms with van der Waals surface area (Å²) >= 11 is 19.3. The number of aromatic nitrogens is 3. The van der Waals surface area contributed by atoms with Gasteiger partial charge in [-0.15, -0.1) is 10.2 Å². The third-order valence-corrected chi connectivity index (χ3v) is 6.16. The molecule has 0 fully saturated rings. The van der Waals surface area contributed by atoms with E-state index in [0.29, 0.717) is 31.7 Å². The third kappa shape index (κ3) is 5.81. The van der Waals surface area contributed by atoms with Crippen LogP contribution in [0.5, 0.6) is 5.75 Å². The lowest BCUT2D eigenvalue weighted by Gasteiger charge is -2.11. The Balaban J connectivity index is 1.60. The molecule has 168 valence electrons. The van der Waals surface area contributed by atoms with Gasteiger partial charge in [-0.3, -0.25) is 9.36 Å². The molecular weight excluding hydrogens is 503 g/mol. The van der Waals surface area contributed by atoms with Gasteiger partial charge in [0, 0.05) is 32.0 Å². The average Bonchev–Trinajstić information content (AvgIpc) is 3.21. The molecule has 0 unspecified atom stereocenters. The molecule has 3 aromatic carbocycles. The van der Waals surface area contributed by atoms with Crippen LogP contribution in [0, 0.1) is 0 Å². The minimum atomic E-state index is -0.227. The van der Waals surface area contributed by atoms with Crippen LogP contribution < -0.4 is 10.1 Å². The zero-order valence-electron chi connectivity index (χ0n) is 17.3. The van der Waals surface area contributed by atoms with Crippen LogP contribution in [-0.2, 0) is 4.79 Å². The average molecular weight is 520 g/mol. The van der Waals surface area contributed by atoms with Crippen molar-refractivity contribution in [3.63, 3.8) is 0 Å². The molecule has 4 rings (SSSR count). The molecule has 0 aliphatic heterocycles. The smallest absolute Gasteiger partial charge is 0.234 e. The van der Waals surface area contributed by atoms with E-state index >= 15 is 0 Å². The molecule has 6 nitrogen and oxygen atoms in total. The van der Waals surface area contributed by atoms with Gasteiger partial charge < -0.3 is 10.1 Å². The van der Waals surface area contributed by atoms with Gasteiger partial charge in [0.2, 0.25) is 5.91 Å². The van der Waals surface area contributed by atoms with Crippen molar-refractivity contribution < 1.29 is 9.53 Å². The van der Waals surface area contributed by atoms with Crippen LogP contribution in [0.1, 0.15) is 0 Å². The van der Waals surface area contributed by atoms with E-state index in [1.807, 2.05) is 41.0 Å². The first-order valence-electron chi connectivity index (χ1n) is 9.67. The van der Waals surface area contributed by atoms with Crippen molar-refractivity contribution in [1.82, 2.24) is 14.8 Å². The van der Waals surface area contributed by atoms with Crippen molar-refractivity contribution >= 4 is 58.2 Å². The fourth-order valence-electron chi connectivity index (χ4n) is 3.07. The van der Waals surface area contributed by atoms with Gasteiger partial charge in [-0.05, 0) is 66.7 Å². The summed E-state index contributed by atoms with van der Waals surface area (Å²) < 4.78 is 7.13. The second kappa shape index (κ2) is 10.5. The van der Waals surface area contributed by atoms with Gasteiger partial charge in [0.15, 0.2) is 11.0 Å². The molecular formula is C23H17Cl3N4O2S. The molecule has 33 heavy (non-hydrogen) atoms. The largest absolute Gasteiger partial charge is 0.497 e. The normalized spacial score (nSPS) is 10.8. The van der Waals surface area contributed by atoms with Gasteiger partial charge in [-0.2, -0.15) is 0 Å². The Bertz CT molecular complexity index is 1260. The van der Waals surface area contributed by atoms with Crippen LogP contribution in [0.25, 0.3) is 17.1 Å². The lowest BCUT2D eigenvalue weighted by Crippen LogP contribution is -2.14. The number of nitrogens with one attached hydrogen (secondary N) is 1. The molecule has 1 amide bonds. The van der Waals surface area contributed by atoms with E-state index < -0.39 is 0 Å². The number of nitrogens with zero attached hydrogens (tertiary/aromatic N) is 3. The number of anilines is 1. The fourth-order valence-corrected chi connectivity index (χ4v) is 4.47. The van der Waals surface area contributed by atoms with Crippen LogP contribution in [0.2, 0.25) is 15.1 Å². The third-order valence-electron chi connectivity index (χ3n) is 4.55. The number of carbonyl (C=O) groups is 1. The standard InChI is InChI=1S/C23H17Cl3N4O2S/c1-32-20-8-2-14(3-9-20)22-28-29-23(30(22)19-6-4-15(24)5-7-19)33-13-21(31)27-18-11-16(25)10-17(26)12-18/h2-12H,13H2,1H3,(H,27,31). The quantitative estimate of drug-likeness (QED) is 0.277. The number of benzene rings is 3. The molecule has 0 aliphatic carbocycles. The number of ether oxygens (including phenoxy) is 1. The molecule has 0 atom stereocenters. The second-order valence-electron chi connectivity index (χ2n) is 6.84. The number of halogens is 3. The van der Waals surface area contributed by atoms with Crippen LogP contribution >= 0.6 is 46.6 Å². The Kier molecular flexibility index (Phi) is 7.45. The van der Waals surface area contributed by atoms with E-state index in [-0.39, 0.29) is 11.7 Å². The fraction of sp³-hybridized carbons (Fsp3) is 0.0870. The molecule has 0 spiro atoms. The number of carbonyl (C=O) groups excluding carboxylic acids is 1. The van der Waals surface area contributed by atoms with E-state index in [1.165, 1.54) is 11.8 Å². The molecule has 1 heterocycles. The van der Waals surface area contributed by atoms with Crippen molar-refractivity contribution in [2.45, 2.75) is 5.16 Å². The van der Waals surface area contributed by atoms with Gasteiger partial charge in [0.25, 0.3) is 0 Å². The van der Waals surface area contributed by atoms with Gasteiger partial charge >= 0.3 is 0 Å². The SMILES string of the molecule is COc1ccc(-c2nnc(SCC(=O)Nc3cc(Cl)cc(Cl)c3)n2-c2ccc(Cl)cc2)cc1. The van der Waals surface area contributed by atoms with Gasteiger partial charge in [-0.1, -0.05) is 46.6 Å². The summed E-state index contributed by atoms with van der Waals surface area (Å²) in [6.45, 7) is 0. The number of thioether (sulfide) groups is 1. The Morgan fingerprint density at radius 2 is 1.61 bits per heavy atom. The first kappa shape index (κ1) is 23.4. The first-order chi connectivity index (χ1) is 15.9. The molecule has 0 bridgehead atoms. The molecule has 0 aliphatic rings. The van der Waals surface area contributed by atoms with Crippen molar-refractivity contribution in [2.75, 3.05) is 18.2 Å². The Hall–Kier alpha value is -2.71. The van der Waals surface area contributed by atoms with Crippen molar-refractivity contribution in [3.8, 4) is 22.8 Å². The van der Waals surface area contributed by atoms with Crippen molar-refractivity contribution in [1.29, 1.82) is 0 Å².